The summed E-state index contributed by atoms with van der Waals surface area (Å²) in [7, 11) is 0. The van der Waals surface area contributed by atoms with E-state index >= 15 is 0 Å². The molecule has 5 heteroatoms. The van der Waals surface area contributed by atoms with E-state index in [1.807, 2.05) is 6.08 Å². The standard InChI is InChI=1S/C11H17.5W/c1-9(2)7-6-8-11(5)10(3)4;;;;;/h5-6,8-10H,1-4H3;;;;;/q-1;;;;;/b11-8+;;;;;. The Morgan fingerprint density at radius 1 is 1.00 bits per heavy atom. The second-order valence-electron chi connectivity index (χ2n) is 3.43. The third kappa shape index (κ3) is 19.1. The van der Waals surface area contributed by atoms with Crippen LogP contribution in [0.25, 0.3) is 0 Å². The van der Waals surface area contributed by atoms with E-state index in [0.29, 0.717) is 11.8 Å². The molecule has 0 aromatic heterocycles. The van der Waals surface area contributed by atoms with Crippen molar-refractivity contribution < 1.29 is 104 Å². The molecule has 92 valence electrons. The Balaban J connectivity index is -0.000000101. The molecule has 0 nitrogen and oxygen atoms in total. The quantitative estimate of drug-likeness (QED) is 0.301. The van der Waals surface area contributed by atoms with Gasteiger partial charge in [0.2, 0.25) is 0 Å². The van der Waals surface area contributed by atoms with Crippen LogP contribution in [0.15, 0.2) is 17.7 Å². The average molecular weight is 1070 g/mol. The molecule has 0 amide bonds. The molecule has 0 aromatic carbocycles. The Bertz CT molecular complexity index is 195. The Morgan fingerprint density at radius 3 is 1.69 bits per heavy atom. The summed E-state index contributed by atoms with van der Waals surface area (Å²) in [6.07, 6.45) is 7.46. The van der Waals surface area contributed by atoms with Crippen LogP contribution in [0.3, 0.4) is 0 Å². The molecule has 0 aliphatic rings. The van der Waals surface area contributed by atoms with Crippen molar-refractivity contribution in [2.24, 2.45) is 11.8 Å². The predicted octanol–water partition coefficient (Wildman–Crippen LogP) is 2.92. The molecule has 0 unspecified atom stereocenters. The van der Waals surface area contributed by atoms with Crippen molar-refractivity contribution in [2.75, 3.05) is 0 Å². The molecule has 0 heterocycles. The van der Waals surface area contributed by atoms with Crippen LogP contribution in [0.1, 0.15) is 27.7 Å². The van der Waals surface area contributed by atoms with Crippen molar-refractivity contribution in [2.45, 2.75) is 27.7 Å². The van der Waals surface area contributed by atoms with Crippen LogP contribution in [-0.4, -0.2) is 4.40 Å². The van der Waals surface area contributed by atoms with Crippen LogP contribution < -0.4 is 0 Å². The number of allylic oxidation sites excluding steroid dienone is 4. The monoisotopic (exact) mass is 1070 g/mol. The molecular formula is C11H17W5-. The summed E-state index contributed by atoms with van der Waals surface area (Å²) in [5.41, 5.74) is 1.41. The topological polar surface area (TPSA) is 0 Å². The smallest absolute Gasteiger partial charge is 0 e. The zero-order valence-electron chi connectivity index (χ0n) is 9.93. The van der Waals surface area contributed by atoms with E-state index in [4.69, 9.17) is 0 Å². The van der Waals surface area contributed by atoms with Gasteiger partial charge in [0.05, 0.1) is 0 Å². The Morgan fingerprint density at radius 2 is 1.44 bits per heavy atom. The van der Waals surface area contributed by atoms with Crippen LogP contribution in [0.2, 0.25) is 0 Å². The van der Waals surface area contributed by atoms with E-state index in [2.05, 4.69) is 44.2 Å². The van der Waals surface area contributed by atoms with Crippen molar-refractivity contribution in [1.29, 1.82) is 0 Å². The van der Waals surface area contributed by atoms with Gasteiger partial charge in [-0.1, -0.05) is 0 Å². The first-order chi connectivity index (χ1) is 5.57. The number of hydrogen-bond donors (Lipinski definition) is 0. The maximum Gasteiger partial charge on any atom is 0 e. The molecule has 16 heavy (non-hydrogen) atoms. The molecule has 0 N–H and O–H groups in total. The number of rotatable bonds is 4. The van der Waals surface area contributed by atoms with E-state index in [1.165, 1.54) is 24.9 Å². The van der Waals surface area contributed by atoms with Crippen LogP contribution >= 0.6 is 0 Å². The van der Waals surface area contributed by atoms with Gasteiger partial charge in [-0.15, -0.1) is 0 Å². The summed E-state index contributed by atoms with van der Waals surface area (Å²) in [6.45, 7) is 8.71. The fraction of sp³-hybridized carbons (Fsp3) is 0.545. The van der Waals surface area contributed by atoms with Crippen LogP contribution in [0.5, 0.6) is 0 Å². The van der Waals surface area contributed by atoms with Gasteiger partial charge < -0.3 is 0 Å². The van der Waals surface area contributed by atoms with Crippen LogP contribution in [0, 0.1) is 17.9 Å². The third-order valence-corrected chi connectivity index (χ3v) is 2.49. The first-order valence-corrected chi connectivity index (χ1v) is 6.02. The normalized spacial score (nSPS) is 10.0. The van der Waals surface area contributed by atoms with Gasteiger partial charge in [0.1, 0.15) is 0 Å². The summed E-state index contributed by atoms with van der Waals surface area (Å²) in [4.78, 5) is 0. The minimum atomic E-state index is 0. The second-order valence-corrected chi connectivity index (χ2v) is 4.27. The van der Waals surface area contributed by atoms with Crippen molar-refractivity contribution in [3.63, 3.8) is 0 Å². The third-order valence-electron chi connectivity index (χ3n) is 1.51. The van der Waals surface area contributed by atoms with Gasteiger partial charge in [-0.2, -0.15) is 0 Å². The summed E-state index contributed by atoms with van der Waals surface area (Å²) < 4.78 is 2.24. The van der Waals surface area contributed by atoms with Gasteiger partial charge in [-0.25, -0.2) is 0 Å². The van der Waals surface area contributed by atoms with Crippen LogP contribution in [-0.2, 0) is 104 Å². The average Bonchev–Trinajstić information content (AvgIpc) is 1.96. The van der Waals surface area contributed by atoms with E-state index < -0.39 is 0 Å². The zero-order valence-corrected chi connectivity index (χ0v) is 24.6. The summed E-state index contributed by atoms with van der Waals surface area (Å²) in [5, 5.41) is 0. The first kappa shape index (κ1) is 31.3. The van der Waals surface area contributed by atoms with Gasteiger partial charge in [0.15, 0.2) is 0 Å². The summed E-state index contributed by atoms with van der Waals surface area (Å²) in [6, 6.07) is 0. The molecule has 0 atom stereocenters. The maximum atomic E-state index is 3.25. The van der Waals surface area contributed by atoms with Crippen molar-refractivity contribution in [3.05, 3.63) is 23.8 Å². The van der Waals surface area contributed by atoms with E-state index in [0.717, 1.165) is 0 Å². The SMILES string of the molecule is CC(C)[C-]=C/C=C(\[CH]=[W])C(C)C.[W].[W].[W].[W]. The minimum Gasteiger partial charge on any atom is 0 e. The summed E-state index contributed by atoms with van der Waals surface area (Å²) >= 11 is 1.52. The molecule has 0 aromatic rings. The molecule has 0 aliphatic carbocycles. The molecule has 0 aliphatic heterocycles. The molecule has 0 radical (unpaired) electrons. The van der Waals surface area contributed by atoms with Crippen LogP contribution in [0.4, 0.5) is 0 Å². The molecule has 0 fully saturated rings. The minimum absolute atomic E-state index is 0. The molecular weight excluding hydrogens is 1050 g/mol. The van der Waals surface area contributed by atoms with Gasteiger partial charge >= 0.3 is 87.1 Å². The largest absolute Gasteiger partial charge is 0 e. The molecule has 0 spiro atoms. The molecule has 0 bridgehead atoms. The fourth-order valence-electron chi connectivity index (χ4n) is 0.705. The Labute approximate surface area is 169 Å². The zero-order chi connectivity index (χ0) is 9.56. The predicted molar refractivity (Wildman–Crippen MR) is 51.6 cm³/mol. The van der Waals surface area contributed by atoms with Gasteiger partial charge in [-0.3, -0.25) is 0 Å². The van der Waals surface area contributed by atoms with Gasteiger partial charge in [0.25, 0.3) is 0 Å². The molecule has 0 rings (SSSR count). The fourth-order valence-corrected chi connectivity index (χ4v) is 1.96. The van der Waals surface area contributed by atoms with Gasteiger partial charge in [0, 0.05) is 84.3 Å². The first-order valence-electron chi connectivity index (χ1n) is 4.32. The van der Waals surface area contributed by atoms with E-state index in [1.54, 1.807) is 0 Å². The maximum absolute atomic E-state index is 3.25. The van der Waals surface area contributed by atoms with E-state index in [-0.39, 0.29) is 84.3 Å². The Hall–Kier alpha value is 2.79. The number of hydrogen-bond acceptors (Lipinski definition) is 0. The van der Waals surface area contributed by atoms with E-state index in [9.17, 15) is 0 Å². The molecule has 0 saturated carbocycles. The van der Waals surface area contributed by atoms with Crippen molar-refractivity contribution in [1.82, 2.24) is 0 Å². The second kappa shape index (κ2) is 20.1. The van der Waals surface area contributed by atoms with Crippen molar-refractivity contribution in [3.8, 4) is 0 Å². The Kier molecular flexibility index (Phi) is 39.3. The van der Waals surface area contributed by atoms with Gasteiger partial charge in [-0.05, 0) is 0 Å². The summed E-state index contributed by atoms with van der Waals surface area (Å²) in [5.74, 6) is 1.16. The molecule has 0 saturated heterocycles. The van der Waals surface area contributed by atoms with Crippen molar-refractivity contribution >= 4 is 4.40 Å².